The first-order valence-electron chi connectivity index (χ1n) is 5.92. The number of aliphatic carboxylic acids is 1. The summed E-state index contributed by atoms with van der Waals surface area (Å²) in [7, 11) is 0. The molecule has 0 aliphatic rings. The smallest absolute Gasteiger partial charge is 0.326 e. The average molecular weight is 248 g/mol. The fourth-order valence-corrected chi connectivity index (χ4v) is 1.91. The van der Waals surface area contributed by atoms with E-state index < -0.39 is 12.0 Å². The molecule has 1 atom stereocenters. The fourth-order valence-electron chi connectivity index (χ4n) is 1.91. The summed E-state index contributed by atoms with van der Waals surface area (Å²) in [6, 6.07) is 1.25. The summed E-state index contributed by atoms with van der Waals surface area (Å²) < 4.78 is 0. The van der Waals surface area contributed by atoms with E-state index in [1.807, 2.05) is 19.9 Å². The molecule has 2 heterocycles. The van der Waals surface area contributed by atoms with Crippen LogP contribution in [0.15, 0.2) is 12.3 Å². The molecule has 96 valence electrons. The van der Waals surface area contributed by atoms with Crippen LogP contribution in [-0.4, -0.2) is 32.3 Å². The van der Waals surface area contributed by atoms with Gasteiger partial charge in [0.25, 0.3) is 0 Å². The van der Waals surface area contributed by atoms with Gasteiger partial charge in [-0.1, -0.05) is 13.3 Å². The van der Waals surface area contributed by atoms with Crippen molar-refractivity contribution in [2.75, 3.05) is 5.32 Å². The van der Waals surface area contributed by atoms with E-state index in [9.17, 15) is 4.79 Å². The lowest BCUT2D eigenvalue weighted by atomic mass is 10.1. The number of hydrogen-bond donors (Lipinski definition) is 3. The normalized spacial score (nSPS) is 12.6. The van der Waals surface area contributed by atoms with Crippen molar-refractivity contribution >= 4 is 22.7 Å². The highest BCUT2D eigenvalue weighted by molar-refractivity contribution is 5.90. The first-order valence-corrected chi connectivity index (χ1v) is 5.92. The van der Waals surface area contributed by atoms with Gasteiger partial charge in [0.15, 0.2) is 5.65 Å². The number of rotatable bonds is 5. The first kappa shape index (κ1) is 12.3. The summed E-state index contributed by atoms with van der Waals surface area (Å²) in [6.45, 7) is 3.82. The lowest BCUT2D eigenvalue weighted by Crippen LogP contribution is -2.29. The molecule has 0 bridgehead atoms. The number of hydrogen-bond acceptors (Lipinski definition) is 4. The van der Waals surface area contributed by atoms with Crippen molar-refractivity contribution in [3.63, 3.8) is 0 Å². The lowest BCUT2D eigenvalue weighted by Gasteiger charge is -2.15. The van der Waals surface area contributed by atoms with E-state index in [2.05, 4.69) is 20.5 Å². The van der Waals surface area contributed by atoms with Gasteiger partial charge in [0, 0.05) is 11.4 Å². The Bertz CT molecular complexity index is 564. The largest absolute Gasteiger partial charge is 0.480 e. The quantitative estimate of drug-likeness (QED) is 0.752. The molecular formula is C12H16N4O2. The van der Waals surface area contributed by atoms with E-state index in [-0.39, 0.29) is 0 Å². The minimum absolute atomic E-state index is 0.579. The molecule has 0 saturated carbocycles. The highest BCUT2D eigenvalue weighted by Crippen LogP contribution is 2.22. The number of carboxylic acid groups (broad SMARTS) is 1. The third-order valence-electron chi connectivity index (χ3n) is 2.76. The number of aromatic amines is 1. The van der Waals surface area contributed by atoms with Crippen LogP contribution in [-0.2, 0) is 4.79 Å². The van der Waals surface area contributed by atoms with Gasteiger partial charge in [-0.25, -0.2) is 9.78 Å². The van der Waals surface area contributed by atoms with Crippen molar-refractivity contribution in [1.29, 1.82) is 0 Å². The molecule has 0 aromatic carbocycles. The predicted octanol–water partition coefficient (Wildman–Crippen LogP) is 1.93. The van der Waals surface area contributed by atoms with Crippen LogP contribution in [0.4, 0.5) is 5.69 Å². The van der Waals surface area contributed by atoms with Crippen LogP contribution >= 0.6 is 0 Å². The topological polar surface area (TPSA) is 90.9 Å². The van der Waals surface area contributed by atoms with Crippen LogP contribution in [0.5, 0.6) is 0 Å². The zero-order chi connectivity index (χ0) is 13.1. The number of pyridine rings is 1. The average Bonchev–Trinajstić information content (AvgIpc) is 2.76. The molecule has 2 rings (SSSR count). The van der Waals surface area contributed by atoms with Crippen molar-refractivity contribution in [3.8, 4) is 0 Å². The molecule has 2 aromatic heterocycles. The van der Waals surface area contributed by atoms with Crippen LogP contribution in [0, 0.1) is 6.92 Å². The molecule has 3 N–H and O–H groups in total. The molecule has 0 amide bonds. The number of nitrogens with one attached hydrogen (secondary N) is 2. The van der Waals surface area contributed by atoms with Crippen molar-refractivity contribution < 1.29 is 9.90 Å². The summed E-state index contributed by atoms with van der Waals surface area (Å²) in [5, 5.41) is 19.7. The molecule has 0 aliphatic heterocycles. The molecule has 18 heavy (non-hydrogen) atoms. The zero-order valence-electron chi connectivity index (χ0n) is 10.4. The highest BCUT2D eigenvalue weighted by atomic mass is 16.4. The van der Waals surface area contributed by atoms with Crippen LogP contribution in [0.2, 0.25) is 0 Å². The summed E-state index contributed by atoms with van der Waals surface area (Å²) in [4.78, 5) is 15.4. The number of carbonyl (C=O) groups is 1. The van der Waals surface area contributed by atoms with Crippen LogP contribution in [0.1, 0.15) is 25.5 Å². The van der Waals surface area contributed by atoms with Crippen LogP contribution in [0.3, 0.4) is 0 Å². The number of aryl methyl sites for hydroxylation is 1. The number of carboxylic acids is 1. The number of anilines is 1. The third kappa shape index (κ3) is 2.42. The van der Waals surface area contributed by atoms with Gasteiger partial charge in [0.1, 0.15) is 6.04 Å². The van der Waals surface area contributed by atoms with Crippen molar-refractivity contribution in [3.05, 3.63) is 18.0 Å². The van der Waals surface area contributed by atoms with Crippen LogP contribution < -0.4 is 5.32 Å². The Labute approximate surface area is 104 Å². The van der Waals surface area contributed by atoms with Gasteiger partial charge in [-0.3, -0.25) is 5.10 Å². The van der Waals surface area contributed by atoms with Gasteiger partial charge in [-0.2, -0.15) is 5.10 Å². The maximum absolute atomic E-state index is 11.2. The standard InChI is InChI=1S/C12H16N4O2/c1-3-4-9(12(17)18)15-10-5-7(2)14-11-8(10)6-13-16-11/h5-6,9H,3-4H2,1-2H3,(H,17,18)(H2,13,14,15,16). The zero-order valence-corrected chi connectivity index (χ0v) is 10.4. The van der Waals surface area contributed by atoms with Gasteiger partial charge < -0.3 is 10.4 Å². The van der Waals surface area contributed by atoms with E-state index in [0.717, 1.165) is 23.2 Å². The SMILES string of the molecule is CCCC(Nc1cc(C)nc2[nH]ncc12)C(=O)O. The van der Waals surface area contributed by atoms with Crippen molar-refractivity contribution in [2.45, 2.75) is 32.7 Å². The van der Waals surface area contributed by atoms with E-state index >= 15 is 0 Å². The van der Waals surface area contributed by atoms with Crippen molar-refractivity contribution in [2.24, 2.45) is 0 Å². The molecule has 0 aliphatic carbocycles. The van der Waals surface area contributed by atoms with Crippen LogP contribution in [0.25, 0.3) is 11.0 Å². The summed E-state index contributed by atoms with van der Waals surface area (Å²) in [6.07, 6.45) is 3.04. The Hall–Kier alpha value is -2.11. The van der Waals surface area contributed by atoms with E-state index in [1.165, 1.54) is 0 Å². The molecule has 2 aromatic rings. The Morgan fingerprint density at radius 3 is 3.06 bits per heavy atom. The second-order valence-corrected chi connectivity index (χ2v) is 4.27. The molecule has 0 radical (unpaired) electrons. The summed E-state index contributed by atoms with van der Waals surface area (Å²) in [5.74, 6) is -0.844. The van der Waals surface area contributed by atoms with E-state index in [0.29, 0.717) is 12.1 Å². The molecule has 1 unspecified atom stereocenters. The summed E-state index contributed by atoms with van der Waals surface area (Å²) in [5.41, 5.74) is 2.24. The molecule has 0 spiro atoms. The molecule has 6 nitrogen and oxygen atoms in total. The Morgan fingerprint density at radius 2 is 2.39 bits per heavy atom. The first-order chi connectivity index (χ1) is 8.61. The van der Waals surface area contributed by atoms with Gasteiger partial charge in [-0.15, -0.1) is 0 Å². The fraction of sp³-hybridized carbons (Fsp3) is 0.417. The number of aromatic nitrogens is 3. The predicted molar refractivity (Wildman–Crippen MR) is 68.6 cm³/mol. The number of H-pyrrole nitrogens is 1. The van der Waals surface area contributed by atoms with E-state index in [4.69, 9.17) is 5.11 Å². The van der Waals surface area contributed by atoms with Gasteiger partial charge >= 0.3 is 5.97 Å². The summed E-state index contributed by atoms with van der Waals surface area (Å²) >= 11 is 0. The van der Waals surface area contributed by atoms with Gasteiger partial charge in [-0.05, 0) is 19.4 Å². The maximum atomic E-state index is 11.2. The monoisotopic (exact) mass is 248 g/mol. The lowest BCUT2D eigenvalue weighted by molar-refractivity contribution is -0.138. The minimum atomic E-state index is -0.844. The molecule has 0 saturated heterocycles. The van der Waals surface area contributed by atoms with Crippen molar-refractivity contribution in [1.82, 2.24) is 15.2 Å². The van der Waals surface area contributed by atoms with Gasteiger partial charge in [0.2, 0.25) is 0 Å². The second kappa shape index (κ2) is 5.03. The Morgan fingerprint density at radius 1 is 1.61 bits per heavy atom. The number of nitrogens with zero attached hydrogens (tertiary/aromatic N) is 2. The molecular weight excluding hydrogens is 232 g/mol. The molecule has 0 fully saturated rings. The maximum Gasteiger partial charge on any atom is 0.326 e. The third-order valence-corrected chi connectivity index (χ3v) is 2.76. The van der Waals surface area contributed by atoms with E-state index in [1.54, 1.807) is 6.20 Å². The van der Waals surface area contributed by atoms with Gasteiger partial charge in [0.05, 0.1) is 11.6 Å². The second-order valence-electron chi connectivity index (χ2n) is 4.27. The highest BCUT2D eigenvalue weighted by Gasteiger charge is 2.17. The Balaban J connectivity index is 2.34. The Kier molecular flexibility index (Phi) is 3.45. The minimum Gasteiger partial charge on any atom is -0.480 e. The number of fused-ring (bicyclic) bond motifs is 1. The molecule has 6 heteroatoms.